The summed E-state index contributed by atoms with van der Waals surface area (Å²) < 4.78 is 21.3. The van der Waals surface area contributed by atoms with Crippen LogP contribution in [0.3, 0.4) is 0 Å². The van der Waals surface area contributed by atoms with Gasteiger partial charge in [0.15, 0.2) is 0 Å². The summed E-state index contributed by atoms with van der Waals surface area (Å²) >= 11 is 1.19. The average molecular weight is 232 g/mol. The second-order valence-electron chi connectivity index (χ2n) is 2.57. The first kappa shape index (κ1) is 11.8. The maximum atomic E-state index is 11.6. The number of rotatable bonds is 5. The minimum absolute atomic E-state index is 0.625. The second-order valence-corrected chi connectivity index (χ2v) is 6.86. The number of benzene rings is 1. The molecular weight excluding hydrogens is 219 g/mol. The van der Waals surface area contributed by atoms with Gasteiger partial charge in [0.25, 0.3) is 0 Å². The molecule has 1 aromatic carbocycles. The minimum atomic E-state index is -2.93. The van der Waals surface area contributed by atoms with Crippen LogP contribution in [0.4, 0.5) is 0 Å². The molecule has 0 aliphatic carbocycles. The van der Waals surface area contributed by atoms with Gasteiger partial charge in [-0.1, -0.05) is 30.3 Å². The van der Waals surface area contributed by atoms with E-state index in [2.05, 4.69) is 0 Å². The lowest BCUT2D eigenvalue weighted by Gasteiger charge is -2.11. The Bertz CT molecular complexity index is 307. The third kappa shape index (κ3) is 3.46. The van der Waals surface area contributed by atoms with E-state index in [-0.39, 0.29) is 0 Å². The molecule has 1 aromatic rings. The van der Waals surface area contributed by atoms with Gasteiger partial charge in [0.2, 0.25) is 0 Å². The van der Waals surface area contributed by atoms with Crippen LogP contribution < -0.4 is 0 Å². The second kappa shape index (κ2) is 5.56. The van der Waals surface area contributed by atoms with E-state index >= 15 is 0 Å². The zero-order valence-electron chi connectivity index (χ0n) is 8.17. The zero-order valence-corrected chi connectivity index (χ0v) is 9.88. The van der Waals surface area contributed by atoms with Crippen LogP contribution in [0.5, 0.6) is 0 Å². The van der Waals surface area contributed by atoms with Crippen molar-refractivity contribution in [1.29, 1.82) is 0 Å². The van der Waals surface area contributed by atoms with Gasteiger partial charge in [-0.15, -0.1) is 0 Å². The molecule has 0 heterocycles. The van der Waals surface area contributed by atoms with E-state index in [0.29, 0.717) is 5.75 Å². The summed E-state index contributed by atoms with van der Waals surface area (Å²) in [4.78, 5) is 0. The summed E-state index contributed by atoms with van der Waals surface area (Å²) in [6.07, 6.45) is 0. The monoisotopic (exact) mass is 232 g/mol. The fourth-order valence-electron chi connectivity index (χ4n) is 0.908. The first-order valence-corrected chi connectivity index (χ1v) is 7.23. The summed E-state index contributed by atoms with van der Waals surface area (Å²) in [6.45, 7) is -2.93. The molecule has 0 unspecified atom stereocenters. The normalized spacial score (nSPS) is 11.6. The molecule has 0 atom stereocenters. The van der Waals surface area contributed by atoms with E-state index < -0.39 is 6.80 Å². The molecule has 0 aliphatic heterocycles. The lowest BCUT2D eigenvalue weighted by Crippen LogP contribution is -1.85. The molecule has 0 aliphatic rings. The molecule has 14 heavy (non-hydrogen) atoms. The van der Waals surface area contributed by atoms with Gasteiger partial charge in [-0.2, -0.15) is 0 Å². The summed E-state index contributed by atoms with van der Waals surface area (Å²) in [5.41, 5.74) is 1.10. The van der Waals surface area contributed by atoms with Crippen molar-refractivity contribution in [2.24, 2.45) is 0 Å². The van der Waals surface area contributed by atoms with Gasteiger partial charge in [-0.3, -0.25) is 0 Å². The molecule has 0 radical (unpaired) electrons. The van der Waals surface area contributed by atoms with Gasteiger partial charge in [-0.05, 0) is 16.9 Å². The fourth-order valence-corrected chi connectivity index (χ4v) is 3.32. The molecule has 0 N–H and O–H groups in total. The van der Waals surface area contributed by atoms with Crippen LogP contribution in [-0.2, 0) is 19.4 Å². The predicted octanol–water partition coefficient (Wildman–Crippen LogP) is 3.32. The SMILES string of the molecule is COP(=O)(OC)SCc1ccccc1. The number of hydrogen-bond acceptors (Lipinski definition) is 4. The predicted molar refractivity (Wildman–Crippen MR) is 59.4 cm³/mol. The maximum absolute atomic E-state index is 11.6. The summed E-state index contributed by atoms with van der Waals surface area (Å²) in [6, 6.07) is 9.78. The highest BCUT2D eigenvalue weighted by molar-refractivity contribution is 8.54. The molecule has 5 heteroatoms. The van der Waals surface area contributed by atoms with Crippen molar-refractivity contribution in [1.82, 2.24) is 0 Å². The highest BCUT2D eigenvalue weighted by atomic mass is 32.7. The number of hydrogen-bond donors (Lipinski definition) is 0. The van der Waals surface area contributed by atoms with Gasteiger partial charge >= 0.3 is 6.80 Å². The van der Waals surface area contributed by atoms with Crippen molar-refractivity contribution in [2.45, 2.75) is 5.75 Å². The summed E-state index contributed by atoms with van der Waals surface area (Å²) in [5.74, 6) is 0.625. The Morgan fingerprint density at radius 3 is 2.29 bits per heavy atom. The average Bonchev–Trinajstić information content (AvgIpc) is 2.27. The maximum Gasteiger partial charge on any atom is 0.388 e. The fraction of sp³-hybridized carbons (Fsp3) is 0.333. The molecule has 0 saturated heterocycles. The van der Waals surface area contributed by atoms with Crippen molar-refractivity contribution < 1.29 is 13.6 Å². The van der Waals surface area contributed by atoms with E-state index in [4.69, 9.17) is 9.05 Å². The third-order valence-electron chi connectivity index (χ3n) is 1.68. The van der Waals surface area contributed by atoms with Crippen LogP contribution in [0.1, 0.15) is 5.56 Å². The van der Waals surface area contributed by atoms with Gasteiger partial charge in [0.1, 0.15) is 0 Å². The van der Waals surface area contributed by atoms with E-state index in [9.17, 15) is 4.57 Å². The highest BCUT2D eigenvalue weighted by Crippen LogP contribution is 2.60. The van der Waals surface area contributed by atoms with Crippen molar-refractivity contribution in [2.75, 3.05) is 14.2 Å². The van der Waals surface area contributed by atoms with Gasteiger partial charge < -0.3 is 9.05 Å². The zero-order chi connectivity index (χ0) is 10.4. The molecule has 0 amide bonds. The lowest BCUT2D eigenvalue weighted by atomic mass is 10.2. The molecule has 1 rings (SSSR count). The van der Waals surface area contributed by atoms with Crippen molar-refractivity contribution in [3.05, 3.63) is 35.9 Å². The van der Waals surface area contributed by atoms with Crippen LogP contribution in [-0.4, -0.2) is 14.2 Å². The first-order valence-electron chi connectivity index (χ1n) is 4.10. The Morgan fingerprint density at radius 2 is 1.79 bits per heavy atom. The van der Waals surface area contributed by atoms with Gasteiger partial charge in [0.05, 0.1) is 0 Å². The Morgan fingerprint density at radius 1 is 1.21 bits per heavy atom. The Labute approximate surface area is 88.1 Å². The molecule has 0 spiro atoms. The highest BCUT2D eigenvalue weighted by Gasteiger charge is 2.21. The molecule has 0 fully saturated rings. The largest absolute Gasteiger partial charge is 0.388 e. The molecular formula is C9H13O3PS. The Hall–Kier alpha value is -0.280. The van der Waals surface area contributed by atoms with Gasteiger partial charge in [0, 0.05) is 20.0 Å². The van der Waals surface area contributed by atoms with Crippen molar-refractivity contribution in [3.63, 3.8) is 0 Å². The molecule has 78 valence electrons. The van der Waals surface area contributed by atoms with Crippen LogP contribution in [0.2, 0.25) is 0 Å². The lowest BCUT2D eigenvalue weighted by molar-refractivity contribution is 0.295. The topological polar surface area (TPSA) is 35.5 Å². The van der Waals surface area contributed by atoms with E-state index in [1.54, 1.807) is 0 Å². The first-order chi connectivity index (χ1) is 6.70. The van der Waals surface area contributed by atoms with E-state index in [1.807, 2.05) is 30.3 Å². The quantitative estimate of drug-likeness (QED) is 0.729. The Balaban J connectivity index is 2.52. The third-order valence-corrected chi connectivity index (χ3v) is 5.58. The van der Waals surface area contributed by atoms with Crippen LogP contribution in [0, 0.1) is 0 Å². The minimum Gasteiger partial charge on any atom is -0.304 e. The Kier molecular flexibility index (Phi) is 4.69. The standard InChI is InChI=1S/C9H13O3PS/c1-11-13(10,12-2)14-8-9-6-4-3-5-7-9/h3-7H,8H2,1-2H3. The molecule has 0 saturated carbocycles. The van der Waals surface area contributed by atoms with Crippen LogP contribution >= 0.6 is 18.2 Å². The summed E-state index contributed by atoms with van der Waals surface area (Å²) in [7, 11) is 2.78. The van der Waals surface area contributed by atoms with E-state index in [0.717, 1.165) is 5.56 Å². The van der Waals surface area contributed by atoms with Crippen molar-refractivity contribution >= 4 is 18.2 Å². The smallest absolute Gasteiger partial charge is 0.304 e. The van der Waals surface area contributed by atoms with E-state index in [1.165, 1.54) is 25.6 Å². The summed E-state index contributed by atoms with van der Waals surface area (Å²) in [5, 5.41) is 0. The van der Waals surface area contributed by atoms with Crippen LogP contribution in [0.15, 0.2) is 30.3 Å². The van der Waals surface area contributed by atoms with Crippen LogP contribution in [0.25, 0.3) is 0 Å². The van der Waals surface area contributed by atoms with Crippen molar-refractivity contribution in [3.8, 4) is 0 Å². The molecule has 0 aromatic heterocycles. The molecule has 3 nitrogen and oxygen atoms in total. The molecule has 0 bridgehead atoms. The van der Waals surface area contributed by atoms with Gasteiger partial charge in [-0.25, -0.2) is 4.57 Å².